The van der Waals surface area contributed by atoms with Crippen molar-refractivity contribution >= 4 is 11.9 Å². The molecule has 100 valence electrons. The van der Waals surface area contributed by atoms with E-state index in [0.717, 1.165) is 0 Å². The zero-order valence-corrected chi connectivity index (χ0v) is 9.05. The highest BCUT2D eigenvalue weighted by Gasteiger charge is 2.49. The maximum atomic E-state index is 12.5. The molecule has 0 rings (SSSR count). The number of nitrogens with one attached hydrogen (secondary N) is 1. The SMILES string of the molecule is CCCCC(NC(=O)C(F)(F)C(F)F)C(=O)O. The Labute approximate surface area is 95.0 Å². The van der Waals surface area contributed by atoms with Gasteiger partial charge in [0, 0.05) is 0 Å². The quantitative estimate of drug-likeness (QED) is 0.683. The van der Waals surface area contributed by atoms with Gasteiger partial charge >= 0.3 is 18.3 Å². The predicted octanol–water partition coefficient (Wildman–Crippen LogP) is 1.65. The van der Waals surface area contributed by atoms with Crippen LogP contribution in [0.4, 0.5) is 17.6 Å². The number of alkyl halides is 4. The lowest BCUT2D eigenvalue weighted by Crippen LogP contribution is -2.51. The molecule has 0 aromatic carbocycles. The van der Waals surface area contributed by atoms with Gasteiger partial charge < -0.3 is 10.4 Å². The van der Waals surface area contributed by atoms with Crippen molar-refractivity contribution in [2.75, 3.05) is 0 Å². The van der Waals surface area contributed by atoms with Gasteiger partial charge in [0.1, 0.15) is 6.04 Å². The summed E-state index contributed by atoms with van der Waals surface area (Å²) in [4.78, 5) is 21.4. The van der Waals surface area contributed by atoms with E-state index in [9.17, 15) is 27.2 Å². The van der Waals surface area contributed by atoms with Crippen LogP contribution in [0.2, 0.25) is 0 Å². The van der Waals surface area contributed by atoms with Gasteiger partial charge in [0.15, 0.2) is 0 Å². The van der Waals surface area contributed by atoms with Crippen LogP contribution >= 0.6 is 0 Å². The molecule has 0 aromatic rings. The third-order valence-corrected chi connectivity index (χ3v) is 2.03. The van der Waals surface area contributed by atoms with Crippen molar-refractivity contribution in [3.8, 4) is 0 Å². The number of unbranched alkanes of at least 4 members (excludes halogenated alkanes) is 1. The molecule has 1 atom stereocenters. The second-order valence-corrected chi connectivity index (χ2v) is 3.43. The number of carbonyl (C=O) groups is 2. The van der Waals surface area contributed by atoms with E-state index in [4.69, 9.17) is 5.11 Å². The van der Waals surface area contributed by atoms with Crippen LogP contribution in [0.1, 0.15) is 26.2 Å². The summed E-state index contributed by atoms with van der Waals surface area (Å²) in [5, 5.41) is 10.0. The van der Waals surface area contributed by atoms with Crippen LogP contribution in [-0.4, -0.2) is 35.4 Å². The Kier molecular flexibility index (Phi) is 5.90. The van der Waals surface area contributed by atoms with Gasteiger partial charge in [-0.25, -0.2) is 13.6 Å². The third kappa shape index (κ3) is 4.58. The van der Waals surface area contributed by atoms with Crippen molar-refractivity contribution < 1.29 is 32.3 Å². The molecule has 4 nitrogen and oxygen atoms in total. The van der Waals surface area contributed by atoms with Crippen LogP contribution in [0.3, 0.4) is 0 Å². The molecule has 0 spiro atoms. The Morgan fingerprint density at radius 3 is 2.24 bits per heavy atom. The van der Waals surface area contributed by atoms with Crippen LogP contribution in [0.5, 0.6) is 0 Å². The molecule has 0 radical (unpaired) electrons. The molecule has 0 aliphatic heterocycles. The summed E-state index contributed by atoms with van der Waals surface area (Å²) in [7, 11) is 0. The Balaban J connectivity index is 4.55. The van der Waals surface area contributed by atoms with Gasteiger partial charge in [0.05, 0.1) is 0 Å². The van der Waals surface area contributed by atoms with Gasteiger partial charge in [0.25, 0.3) is 5.91 Å². The van der Waals surface area contributed by atoms with E-state index in [0.29, 0.717) is 12.8 Å². The first kappa shape index (κ1) is 15.7. The van der Waals surface area contributed by atoms with E-state index in [1.807, 2.05) is 0 Å². The van der Waals surface area contributed by atoms with E-state index < -0.39 is 30.3 Å². The van der Waals surface area contributed by atoms with Gasteiger partial charge in [0.2, 0.25) is 0 Å². The minimum Gasteiger partial charge on any atom is -0.480 e. The van der Waals surface area contributed by atoms with Crippen molar-refractivity contribution in [2.45, 2.75) is 44.6 Å². The number of carbonyl (C=O) groups excluding carboxylic acids is 1. The summed E-state index contributed by atoms with van der Waals surface area (Å²) in [6.45, 7) is 1.73. The molecular weight excluding hydrogens is 246 g/mol. The van der Waals surface area contributed by atoms with Crippen molar-refractivity contribution in [2.24, 2.45) is 0 Å². The Morgan fingerprint density at radius 2 is 1.88 bits per heavy atom. The summed E-state index contributed by atoms with van der Waals surface area (Å²) in [6.07, 6.45) is -3.29. The lowest BCUT2D eigenvalue weighted by Gasteiger charge is -2.19. The molecular formula is C9H13F4NO3. The van der Waals surface area contributed by atoms with Crippen LogP contribution in [0, 0.1) is 0 Å². The van der Waals surface area contributed by atoms with Crippen LogP contribution < -0.4 is 5.32 Å². The summed E-state index contributed by atoms with van der Waals surface area (Å²) in [5.74, 6) is -8.67. The van der Waals surface area contributed by atoms with Crippen molar-refractivity contribution in [3.05, 3.63) is 0 Å². The largest absolute Gasteiger partial charge is 0.480 e. The third-order valence-electron chi connectivity index (χ3n) is 2.03. The summed E-state index contributed by atoms with van der Waals surface area (Å²) in [5.41, 5.74) is 0. The first-order valence-electron chi connectivity index (χ1n) is 4.93. The van der Waals surface area contributed by atoms with E-state index in [1.165, 1.54) is 5.32 Å². The fraction of sp³-hybridized carbons (Fsp3) is 0.778. The zero-order chi connectivity index (χ0) is 13.6. The second-order valence-electron chi connectivity index (χ2n) is 3.43. The lowest BCUT2D eigenvalue weighted by atomic mass is 10.1. The van der Waals surface area contributed by atoms with Crippen LogP contribution in [0.25, 0.3) is 0 Å². The molecule has 17 heavy (non-hydrogen) atoms. The van der Waals surface area contributed by atoms with Gasteiger partial charge in [-0.2, -0.15) is 8.78 Å². The molecule has 1 amide bonds. The highest BCUT2D eigenvalue weighted by Crippen LogP contribution is 2.23. The van der Waals surface area contributed by atoms with E-state index >= 15 is 0 Å². The molecule has 0 aliphatic rings. The Bertz CT molecular complexity index is 283. The summed E-state index contributed by atoms with van der Waals surface area (Å²) in [6, 6.07) is -1.58. The monoisotopic (exact) mass is 259 g/mol. The van der Waals surface area contributed by atoms with Gasteiger partial charge in [-0.05, 0) is 6.42 Å². The molecule has 0 fully saturated rings. The normalized spacial score (nSPS) is 13.5. The predicted molar refractivity (Wildman–Crippen MR) is 50.0 cm³/mol. The summed E-state index contributed by atoms with van der Waals surface area (Å²) >= 11 is 0. The molecule has 0 bridgehead atoms. The minimum atomic E-state index is -4.88. The minimum absolute atomic E-state index is 0.0864. The smallest absolute Gasteiger partial charge is 0.383 e. The number of carboxylic acids is 1. The molecule has 0 saturated carbocycles. The van der Waals surface area contributed by atoms with Gasteiger partial charge in [-0.1, -0.05) is 19.8 Å². The molecule has 0 aliphatic carbocycles. The first-order chi connectivity index (χ1) is 7.73. The topological polar surface area (TPSA) is 66.4 Å². The number of amides is 1. The van der Waals surface area contributed by atoms with Gasteiger partial charge in [-0.3, -0.25) is 4.79 Å². The average Bonchev–Trinajstić information content (AvgIpc) is 2.22. The Morgan fingerprint density at radius 1 is 1.35 bits per heavy atom. The number of rotatable bonds is 7. The van der Waals surface area contributed by atoms with Gasteiger partial charge in [-0.15, -0.1) is 0 Å². The highest BCUT2D eigenvalue weighted by molar-refractivity contribution is 5.88. The maximum absolute atomic E-state index is 12.5. The molecule has 8 heteroatoms. The highest BCUT2D eigenvalue weighted by atomic mass is 19.3. The van der Waals surface area contributed by atoms with Crippen molar-refractivity contribution in [3.63, 3.8) is 0 Å². The number of carboxylic acid groups (broad SMARTS) is 1. The van der Waals surface area contributed by atoms with Crippen molar-refractivity contribution in [1.82, 2.24) is 5.32 Å². The molecule has 0 aromatic heterocycles. The van der Waals surface area contributed by atoms with E-state index in [-0.39, 0.29) is 6.42 Å². The van der Waals surface area contributed by atoms with Crippen LogP contribution in [-0.2, 0) is 9.59 Å². The fourth-order valence-electron chi connectivity index (χ4n) is 1.02. The standard InChI is InChI=1S/C9H13F4NO3/c1-2-3-4-5(6(15)16)14-8(17)9(12,13)7(10)11/h5,7H,2-4H2,1H3,(H,14,17)(H,15,16). The summed E-state index contributed by atoms with van der Waals surface area (Å²) < 4.78 is 48.7. The average molecular weight is 259 g/mol. The molecule has 2 N–H and O–H groups in total. The molecule has 0 heterocycles. The van der Waals surface area contributed by atoms with E-state index in [1.54, 1.807) is 6.92 Å². The number of halogens is 4. The van der Waals surface area contributed by atoms with Crippen molar-refractivity contribution in [1.29, 1.82) is 0 Å². The lowest BCUT2D eigenvalue weighted by molar-refractivity contribution is -0.171. The second kappa shape index (κ2) is 6.41. The maximum Gasteiger partial charge on any atom is 0.383 e. The molecule has 1 unspecified atom stereocenters. The number of hydrogen-bond acceptors (Lipinski definition) is 2. The number of hydrogen-bond donors (Lipinski definition) is 2. The number of aliphatic carboxylic acids is 1. The Hall–Kier alpha value is -1.34. The first-order valence-corrected chi connectivity index (χ1v) is 4.93. The molecule has 0 saturated heterocycles. The zero-order valence-electron chi connectivity index (χ0n) is 9.05. The van der Waals surface area contributed by atoms with E-state index in [2.05, 4.69) is 0 Å². The fourth-order valence-corrected chi connectivity index (χ4v) is 1.02. The van der Waals surface area contributed by atoms with Crippen LogP contribution in [0.15, 0.2) is 0 Å².